The van der Waals surface area contributed by atoms with Crippen LogP contribution in [0.25, 0.3) is 0 Å². The summed E-state index contributed by atoms with van der Waals surface area (Å²) >= 11 is 0. The summed E-state index contributed by atoms with van der Waals surface area (Å²) in [6.45, 7) is 1.99. The van der Waals surface area contributed by atoms with Crippen LogP contribution in [0.1, 0.15) is 24.9 Å². The molecule has 0 aliphatic rings. The monoisotopic (exact) mass is 338 g/mol. The minimum Gasteiger partial charge on any atom is -0.373 e. The van der Waals surface area contributed by atoms with Crippen molar-refractivity contribution in [2.75, 3.05) is 10.6 Å². The summed E-state index contributed by atoms with van der Waals surface area (Å²) in [7, 11) is 1.51. The second kappa shape index (κ2) is 6.72. The number of hydrogen-bond acceptors (Lipinski definition) is 6. The fourth-order valence-corrected chi connectivity index (χ4v) is 2.66. The van der Waals surface area contributed by atoms with Crippen molar-refractivity contribution < 1.29 is 0 Å². The Bertz CT molecular complexity index is 1020. The maximum Gasteiger partial charge on any atom is 0.290 e. The summed E-state index contributed by atoms with van der Waals surface area (Å²) in [5.74, 6) is 0. The van der Waals surface area contributed by atoms with Crippen LogP contribution in [0.15, 0.2) is 57.0 Å². The maximum absolute atomic E-state index is 12.0. The van der Waals surface area contributed by atoms with Gasteiger partial charge in [0.2, 0.25) is 0 Å². The average molecular weight is 338 g/mol. The number of nitrogens with zero attached hydrogens (tertiary/aromatic N) is 2. The van der Waals surface area contributed by atoms with E-state index >= 15 is 0 Å². The van der Waals surface area contributed by atoms with Crippen LogP contribution < -0.4 is 27.1 Å². The highest BCUT2D eigenvalue weighted by Crippen LogP contribution is 2.26. The summed E-state index contributed by atoms with van der Waals surface area (Å²) < 4.78 is 1.15. The topological polar surface area (TPSA) is 93.1 Å². The zero-order valence-corrected chi connectivity index (χ0v) is 13.9. The lowest BCUT2D eigenvalue weighted by molar-refractivity contribution is 0.710. The Morgan fingerprint density at radius 2 is 1.72 bits per heavy atom. The first-order chi connectivity index (χ1) is 12.0. The number of hydrogen-bond donors (Lipinski definition) is 2. The summed E-state index contributed by atoms with van der Waals surface area (Å²) in [6.07, 6.45) is 2.18. The van der Waals surface area contributed by atoms with Gasteiger partial charge in [-0.15, -0.1) is 0 Å². The molecule has 7 nitrogen and oxygen atoms in total. The molecule has 25 heavy (non-hydrogen) atoms. The molecule has 0 aliphatic carbocycles. The van der Waals surface area contributed by atoms with Gasteiger partial charge >= 0.3 is 0 Å². The van der Waals surface area contributed by atoms with E-state index in [-0.39, 0.29) is 28.7 Å². The van der Waals surface area contributed by atoms with E-state index in [1.165, 1.54) is 19.3 Å². The Labute approximate surface area is 143 Å². The molecule has 0 amide bonds. The molecule has 0 saturated carbocycles. The SMILES string of the molecule is CC[C@@H](Nc1c(Nc2ccnn(C)c2=O)c(=O)c1=O)c1ccccc1. The van der Waals surface area contributed by atoms with Crippen LogP contribution >= 0.6 is 0 Å². The van der Waals surface area contributed by atoms with Crippen LogP contribution in [-0.4, -0.2) is 9.78 Å². The molecule has 0 saturated heterocycles. The van der Waals surface area contributed by atoms with Crippen molar-refractivity contribution in [3.05, 3.63) is 79.0 Å². The van der Waals surface area contributed by atoms with Crippen molar-refractivity contribution in [1.29, 1.82) is 0 Å². The lowest BCUT2D eigenvalue weighted by atomic mass is 10.0. The normalized spacial score (nSPS) is 12.1. The zero-order valence-electron chi connectivity index (χ0n) is 13.9. The fraction of sp³-hybridized carbons (Fsp3) is 0.222. The molecule has 0 bridgehead atoms. The third kappa shape index (κ3) is 3.08. The van der Waals surface area contributed by atoms with Gasteiger partial charge in [0.1, 0.15) is 17.1 Å². The van der Waals surface area contributed by atoms with Crippen molar-refractivity contribution in [2.45, 2.75) is 19.4 Å². The minimum atomic E-state index is -0.635. The second-order valence-electron chi connectivity index (χ2n) is 5.72. The third-order valence-corrected chi connectivity index (χ3v) is 4.10. The number of benzene rings is 1. The minimum absolute atomic E-state index is 0.106. The Hall–Kier alpha value is -3.22. The van der Waals surface area contributed by atoms with E-state index in [0.717, 1.165) is 16.7 Å². The van der Waals surface area contributed by atoms with Gasteiger partial charge in [-0.2, -0.15) is 5.10 Å². The van der Waals surface area contributed by atoms with Gasteiger partial charge < -0.3 is 10.6 Å². The van der Waals surface area contributed by atoms with Gasteiger partial charge in [-0.1, -0.05) is 37.3 Å². The van der Waals surface area contributed by atoms with Gasteiger partial charge in [-0.05, 0) is 18.1 Å². The number of anilines is 3. The summed E-state index contributed by atoms with van der Waals surface area (Å²) in [5, 5.41) is 9.72. The predicted molar refractivity (Wildman–Crippen MR) is 97.2 cm³/mol. The highest BCUT2D eigenvalue weighted by molar-refractivity contribution is 5.78. The van der Waals surface area contributed by atoms with Crippen molar-refractivity contribution in [3.8, 4) is 0 Å². The van der Waals surface area contributed by atoms with Gasteiger partial charge in [0, 0.05) is 13.2 Å². The smallest absolute Gasteiger partial charge is 0.290 e. The number of aromatic nitrogens is 2. The molecule has 1 atom stereocenters. The van der Waals surface area contributed by atoms with E-state index in [2.05, 4.69) is 15.7 Å². The number of aryl methyl sites for hydroxylation is 1. The van der Waals surface area contributed by atoms with E-state index in [1.807, 2.05) is 37.3 Å². The standard InChI is InChI=1S/C18H18N4O3/c1-3-12(11-7-5-4-6-8-11)20-14-15(17(24)16(14)23)21-13-9-10-19-22(2)18(13)25/h4-10,12,20-21H,3H2,1-2H3/t12-/m1/s1. The van der Waals surface area contributed by atoms with Crippen LogP contribution in [0, 0.1) is 0 Å². The molecule has 0 unspecified atom stereocenters. The van der Waals surface area contributed by atoms with Crippen molar-refractivity contribution in [1.82, 2.24) is 9.78 Å². The van der Waals surface area contributed by atoms with Crippen LogP contribution in [0.5, 0.6) is 0 Å². The predicted octanol–water partition coefficient (Wildman–Crippen LogP) is 1.68. The van der Waals surface area contributed by atoms with E-state index in [1.54, 1.807) is 0 Å². The van der Waals surface area contributed by atoms with E-state index in [9.17, 15) is 14.4 Å². The largest absolute Gasteiger partial charge is 0.373 e. The molecule has 0 radical (unpaired) electrons. The molecular formula is C18H18N4O3. The molecule has 2 N–H and O–H groups in total. The van der Waals surface area contributed by atoms with Gasteiger partial charge in [0.05, 0.1) is 6.04 Å². The van der Waals surface area contributed by atoms with Gasteiger partial charge in [-0.25, -0.2) is 4.68 Å². The summed E-state index contributed by atoms with van der Waals surface area (Å²) in [5.41, 5.74) is -0.0601. The summed E-state index contributed by atoms with van der Waals surface area (Å²) in [4.78, 5) is 36.0. The van der Waals surface area contributed by atoms with Crippen molar-refractivity contribution in [2.24, 2.45) is 7.05 Å². The Morgan fingerprint density at radius 1 is 1.04 bits per heavy atom. The Balaban J connectivity index is 1.90. The van der Waals surface area contributed by atoms with E-state index in [4.69, 9.17) is 0 Å². The van der Waals surface area contributed by atoms with Crippen LogP contribution in [0.3, 0.4) is 0 Å². The number of rotatable bonds is 6. The van der Waals surface area contributed by atoms with Crippen molar-refractivity contribution >= 4 is 17.1 Å². The molecule has 0 aliphatic heterocycles. The molecule has 7 heteroatoms. The highest BCUT2D eigenvalue weighted by atomic mass is 16.2. The molecular weight excluding hydrogens is 320 g/mol. The van der Waals surface area contributed by atoms with Crippen LogP contribution in [-0.2, 0) is 7.05 Å². The van der Waals surface area contributed by atoms with Crippen molar-refractivity contribution in [3.63, 3.8) is 0 Å². The molecule has 3 rings (SSSR count). The lowest BCUT2D eigenvalue weighted by Crippen LogP contribution is -2.38. The lowest BCUT2D eigenvalue weighted by Gasteiger charge is -2.22. The quantitative estimate of drug-likeness (QED) is 0.664. The molecule has 0 fully saturated rings. The molecule has 1 heterocycles. The Morgan fingerprint density at radius 3 is 2.40 bits per heavy atom. The highest BCUT2D eigenvalue weighted by Gasteiger charge is 2.24. The molecule has 1 aromatic heterocycles. The van der Waals surface area contributed by atoms with E-state index < -0.39 is 10.9 Å². The second-order valence-corrected chi connectivity index (χ2v) is 5.72. The molecule has 0 spiro atoms. The summed E-state index contributed by atoms with van der Waals surface area (Å²) in [6, 6.07) is 11.0. The first-order valence-corrected chi connectivity index (χ1v) is 7.97. The molecule has 2 aromatic carbocycles. The average Bonchev–Trinajstić information content (AvgIpc) is 2.64. The molecule has 3 aromatic rings. The number of nitrogens with one attached hydrogen (secondary N) is 2. The Kier molecular flexibility index (Phi) is 4.47. The third-order valence-electron chi connectivity index (χ3n) is 4.10. The van der Waals surface area contributed by atoms with Gasteiger partial charge in [0.25, 0.3) is 16.4 Å². The first kappa shape index (κ1) is 16.6. The fourth-order valence-electron chi connectivity index (χ4n) is 2.66. The van der Waals surface area contributed by atoms with Gasteiger partial charge in [-0.3, -0.25) is 14.4 Å². The first-order valence-electron chi connectivity index (χ1n) is 7.97. The van der Waals surface area contributed by atoms with Crippen LogP contribution in [0.2, 0.25) is 0 Å². The van der Waals surface area contributed by atoms with Crippen LogP contribution in [0.4, 0.5) is 17.1 Å². The zero-order chi connectivity index (χ0) is 18.0. The molecule has 128 valence electrons. The van der Waals surface area contributed by atoms with E-state index in [0.29, 0.717) is 0 Å². The van der Waals surface area contributed by atoms with Gasteiger partial charge in [0.15, 0.2) is 0 Å². The maximum atomic E-state index is 12.0.